The second-order valence-electron chi connectivity index (χ2n) is 6.30. The molecule has 3 heteroatoms. The fraction of sp³-hybridized carbons (Fsp3) is 0.857. The molecular weight excluding hydrogens is 212 g/mol. The zero-order chi connectivity index (χ0) is 13.1. The summed E-state index contributed by atoms with van der Waals surface area (Å²) >= 11 is 0. The second-order valence-corrected chi connectivity index (χ2v) is 6.30. The van der Waals surface area contributed by atoms with Gasteiger partial charge in [-0.15, -0.1) is 0 Å². The van der Waals surface area contributed by atoms with Gasteiger partial charge in [-0.2, -0.15) is 5.26 Å². The number of hydrogen-bond donors (Lipinski definition) is 1. The predicted molar refractivity (Wildman–Crippen MR) is 68.1 cm³/mol. The zero-order valence-electron chi connectivity index (χ0n) is 11.4. The first-order valence-electron chi connectivity index (χ1n) is 6.56. The molecule has 1 unspecified atom stereocenters. The van der Waals surface area contributed by atoms with Crippen molar-refractivity contribution in [1.82, 2.24) is 5.32 Å². The van der Waals surface area contributed by atoms with Gasteiger partial charge in [-0.1, -0.05) is 27.7 Å². The zero-order valence-corrected chi connectivity index (χ0v) is 11.4. The first-order chi connectivity index (χ1) is 7.85. The van der Waals surface area contributed by atoms with Crippen molar-refractivity contribution in [1.29, 1.82) is 5.26 Å². The van der Waals surface area contributed by atoms with Crippen molar-refractivity contribution in [3.05, 3.63) is 0 Å². The van der Waals surface area contributed by atoms with Crippen LogP contribution in [0.4, 0.5) is 0 Å². The predicted octanol–water partition coefficient (Wildman–Crippen LogP) is 2.87. The van der Waals surface area contributed by atoms with Crippen LogP contribution in [0.5, 0.6) is 0 Å². The lowest BCUT2D eigenvalue weighted by Crippen LogP contribution is -2.42. The smallest absolute Gasteiger partial charge is 0.237 e. The maximum atomic E-state index is 11.9. The van der Waals surface area contributed by atoms with Crippen molar-refractivity contribution >= 4 is 5.91 Å². The van der Waals surface area contributed by atoms with Gasteiger partial charge in [0.1, 0.15) is 5.92 Å². The number of nitrogens with one attached hydrogen (secondary N) is 1. The number of amides is 1. The molecule has 0 bridgehead atoms. The minimum absolute atomic E-state index is 0.0834. The van der Waals surface area contributed by atoms with Crippen LogP contribution in [-0.4, -0.2) is 11.9 Å². The summed E-state index contributed by atoms with van der Waals surface area (Å²) in [5, 5.41) is 12.0. The Morgan fingerprint density at radius 1 is 1.35 bits per heavy atom. The molecule has 1 atom stereocenters. The standard InChI is InChI=1S/C14H24N2O/c1-10(2)12(9-15)13(17)16-11-5-7-14(3,4)8-6-11/h10-12H,5-8H2,1-4H3,(H,16,17). The molecule has 1 aliphatic rings. The van der Waals surface area contributed by atoms with Gasteiger partial charge in [-0.3, -0.25) is 4.79 Å². The third-order valence-electron chi connectivity index (χ3n) is 3.77. The minimum Gasteiger partial charge on any atom is -0.352 e. The van der Waals surface area contributed by atoms with Crippen LogP contribution in [0.3, 0.4) is 0 Å². The van der Waals surface area contributed by atoms with Gasteiger partial charge in [0.15, 0.2) is 0 Å². The molecule has 1 N–H and O–H groups in total. The van der Waals surface area contributed by atoms with Crippen LogP contribution in [0.25, 0.3) is 0 Å². The highest BCUT2D eigenvalue weighted by Gasteiger charge is 2.29. The highest BCUT2D eigenvalue weighted by atomic mass is 16.1. The van der Waals surface area contributed by atoms with Crippen molar-refractivity contribution in [2.45, 2.75) is 59.4 Å². The fourth-order valence-electron chi connectivity index (χ4n) is 2.35. The molecule has 0 aromatic heterocycles. The van der Waals surface area contributed by atoms with E-state index in [9.17, 15) is 4.79 Å². The van der Waals surface area contributed by atoms with Gasteiger partial charge in [-0.25, -0.2) is 0 Å². The summed E-state index contributed by atoms with van der Waals surface area (Å²) in [5.41, 5.74) is 0.411. The van der Waals surface area contributed by atoms with Crippen molar-refractivity contribution in [2.75, 3.05) is 0 Å². The van der Waals surface area contributed by atoms with Crippen molar-refractivity contribution in [2.24, 2.45) is 17.3 Å². The minimum atomic E-state index is -0.509. The molecule has 3 nitrogen and oxygen atoms in total. The average molecular weight is 236 g/mol. The monoisotopic (exact) mass is 236 g/mol. The van der Waals surface area contributed by atoms with Crippen molar-refractivity contribution < 1.29 is 4.79 Å². The van der Waals surface area contributed by atoms with E-state index in [1.165, 1.54) is 0 Å². The molecule has 1 fully saturated rings. The second kappa shape index (κ2) is 5.53. The maximum absolute atomic E-state index is 11.9. The molecule has 1 amide bonds. The van der Waals surface area contributed by atoms with Crippen LogP contribution in [-0.2, 0) is 4.79 Å². The molecule has 0 aromatic rings. The van der Waals surface area contributed by atoms with Crippen molar-refractivity contribution in [3.8, 4) is 6.07 Å². The topological polar surface area (TPSA) is 52.9 Å². The summed E-state index contributed by atoms with van der Waals surface area (Å²) < 4.78 is 0. The number of rotatable bonds is 3. The van der Waals surface area contributed by atoms with E-state index in [-0.39, 0.29) is 17.9 Å². The summed E-state index contributed by atoms with van der Waals surface area (Å²) in [6.45, 7) is 8.38. The Morgan fingerprint density at radius 2 is 1.88 bits per heavy atom. The van der Waals surface area contributed by atoms with Crippen LogP contribution in [0, 0.1) is 28.6 Å². The van der Waals surface area contributed by atoms with E-state index in [1.807, 2.05) is 13.8 Å². The molecule has 0 aromatic carbocycles. The lowest BCUT2D eigenvalue weighted by molar-refractivity contribution is -0.125. The fourth-order valence-corrected chi connectivity index (χ4v) is 2.35. The maximum Gasteiger partial charge on any atom is 0.237 e. The van der Waals surface area contributed by atoms with Crippen LogP contribution >= 0.6 is 0 Å². The highest BCUT2D eigenvalue weighted by molar-refractivity contribution is 5.81. The van der Waals surface area contributed by atoms with Gasteiger partial charge in [0.05, 0.1) is 6.07 Å². The first-order valence-corrected chi connectivity index (χ1v) is 6.56. The Labute approximate surface area is 105 Å². The number of hydrogen-bond acceptors (Lipinski definition) is 2. The van der Waals surface area contributed by atoms with Crippen LogP contribution < -0.4 is 5.32 Å². The van der Waals surface area contributed by atoms with E-state index in [2.05, 4.69) is 25.2 Å². The summed E-state index contributed by atoms with van der Waals surface area (Å²) in [6, 6.07) is 2.36. The molecule has 0 radical (unpaired) electrons. The van der Waals surface area contributed by atoms with Gasteiger partial charge >= 0.3 is 0 Å². The Balaban J connectivity index is 2.46. The van der Waals surface area contributed by atoms with E-state index in [0.717, 1.165) is 25.7 Å². The van der Waals surface area contributed by atoms with Gasteiger partial charge in [0.2, 0.25) is 5.91 Å². The van der Waals surface area contributed by atoms with E-state index in [1.54, 1.807) is 0 Å². The Hall–Kier alpha value is -1.04. The third-order valence-corrected chi connectivity index (χ3v) is 3.77. The first kappa shape index (κ1) is 14.0. The molecular formula is C14H24N2O. The van der Waals surface area contributed by atoms with Crippen LogP contribution in [0.15, 0.2) is 0 Å². The van der Waals surface area contributed by atoms with Crippen LogP contribution in [0.1, 0.15) is 53.4 Å². The Kier molecular flexibility index (Phi) is 4.56. The summed E-state index contributed by atoms with van der Waals surface area (Å²) in [4.78, 5) is 11.9. The Bertz CT molecular complexity index is 305. The molecule has 0 aliphatic heterocycles. The van der Waals surface area contributed by atoms with Gasteiger partial charge in [0.25, 0.3) is 0 Å². The van der Waals surface area contributed by atoms with Gasteiger partial charge in [-0.05, 0) is 37.0 Å². The van der Waals surface area contributed by atoms with E-state index in [0.29, 0.717) is 5.41 Å². The van der Waals surface area contributed by atoms with E-state index in [4.69, 9.17) is 5.26 Å². The molecule has 0 saturated heterocycles. The number of nitrogens with zero attached hydrogens (tertiary/aromatic N) is 1. The Morgan fingerprint density at radius 3 is 2.29 bits per heavy atom. The highest BCUT2D eigenvalue weighted by Crippen LogP contribution is 2.35. The van der Waals surface area contributed by atoms with Gasteiger partial charge in [0, 0.05) is 6.04 Å². The molecule has 1 saturated carbocycles. The normalized spacial score (nSPS) is 21.9. The van der Waals surface area contributed by atoms with Crippen molar-refractivity contribution in [3.63, 3.8) is 0 Å². The third kappa shape index (κ3) is 4.03. The SMILES string of the molecule is CC(C)C(C#N)C(=O)NC1CCC(C)(C)CC1. The molecule has 1 rings (SSSR count). The largest absolute Gasteiger partial charge is 0.352 e. The molecule has 17 heavy (non-hydrogen) atoms. The average Bonchev–Trinajstić information content (AvgIpc) is 2.21. The number of nitriles is 1. The summed E-state index contributed by atoms with van der Waals surface area (Å²) in [6.07, 6.45) is 4.37. The molecule has 0 spiro atoms. The quantitative estimate of drug-likeness (QED) is 0.819. The van der Waals surface area contributed by atoms with Crippen LogP contribution in [0.2, 0.25) is 0 Å². The lowest BCUT2D eigenvalue weighted by atomic mass is 9.75. The molecule has 0 heterocycles. The number of carbonyl (C=O) groups excluding carboxylic acids is 1. The summed E-state index contributed by atoms with van der Waals surface area (Å²) in [7, 11) is 0. The number of carbonyl (C=O) groups is 1. The van der Waals surface area contributed by atoms with E-state index >= 15 is 0 Å². The summed E-state index contributed by atoms with van der Waals surface area (Å²) in [5.74, 6) is -0.517. The van der Waals surface area contributed by atoms with Gasteiger partial charge < -0.3 is 5.32 Å². The lowest BCUT2D eigenvalue weighted by Gasteiger charge is -2.35. The molecule has 1 aliphatic carbocycles. The molecule has 96 valence electrons. The van der Waals surface area contributed by atoms with E-state index < -0.39 is 5.92 Å².